The molecule has 0 aromatic heterocycles. The molecule has 0 radical (unpaired) electrons. The molecular formula is C54H63NO14. The van der Waals surface area contributed by atoms with Crippen LogP contribution in [-0.2, 0) is 47.6 Å². The Balaban J connectivity index is 1.42. The third kappa shape index (κ3) is 9.36. The highest BCUT2D eigenvalue weighted by Crippen LogP contribution is 2.64. The number of benzene rings is 3. The van der Waals surface area contributed by atoms with Gasteiger partial charge in [0.05, 0.1) is 35.4 Å². The van der Waals surface area contributed by atoms with E-state index in [1.807, 2.05) is 13.8 Å². The molecule has 15 heteroatoms. The molecule has 15 nitrogen and oxygen atoms in total. The Morgan fingerprint density at radius 2 is 1.46 bits per heavy atom. The van der Waals surface area contributed by atoms with E-state index in [-0.39, 0.29) is 53.4 Å². The lowest BCUT2D eigenvalue weighted by atomic mass is 9.44. The third-order valence-corrected chi connectivity index (χ3v) is 14.7. The van der Waals surface area contributed by atoms with Crippen LogP contribution >= 0.6 is 0 Å². The number of ketones is 1. The van der Waals surface area contributed by atoms with Crippen LogP contribution in [0.25, 0.3) is 0 Å². The van der Waals surface area contributed by atoms with Crippen molar-refractivity contribution in [3.63, 3.8) is 0 Å². The second kappa shape index (κ2) is 19.7. The zero-order chi connectivity index (χ0) is 50.2. The molecule has 3 fully saturated rings. The van der Waals surface area contributed by atoms with Gasteiger partial charge in [-0.1, -0.05) is 101 Å². The van der Waals surface area contributed by atoms with Crippen LogP contribution in [0, 0.1) is 22.7 Å². The molecule has 1 saturated heterocycles. The summed E-state index contributed by atoms with van der Waals surface area (Å²) in [6.07, 6.45) is -9.46. The van der Waals surface area contributed by atoms with E-state index in [0.717, 1.165) is 0 Å². The maximum atomic E-state index is 15.8. The van der Waals surface area contributed by atoms with Crippen LogP contribution in [0.4, 0.5) is 0 Å². The van der Waals surface area contributed by atoms with E-state index in [1.165, 1.54) is 32.9 Å². The second-order valence-corrected chi connectivity index (χ2v) is 20.0. The molecule has 2 unspecified atom stereocenters. The number of hydrogen-bond donors (Lipinski definition) is 3. The predicted octanol–water partition coefficient (Wildman–Crippen LogP) is 6.71. The SMILES string of the molecule is C=C(C)O[C@H]1C(=O)[C@@]2(C)C([C@H](OC(=O)c3ccccc3)[C@]3(O)C[C@H](OC(=O)[C@H](OC(=O)CCC(C)C)C(NC(=O)c4ccccc4)c4ccccc4)C(C)=C1C3(C)C)[C@]1(OC(C)=O)CO[C@@H]1C[C@@H]2O. The fraction of sp³-hybridized carbons (Fsp3) is 0.481. The Morgan fingerprint density at radius 3 is 2.01 bits per heavy atom. The number of amides is 1. The number of carbonyl (C=O) groups is 6. The summed E-state index contributed by atoms with van der Waals surface area (Å²) in [6.45, 7) is 16.6. The van der Waals surface area contributed by atoms with Crippen LogP contribution < -0.4 is 5.32 Å². The highest BCUT2D eigenvalue weighted by atomic mass is 16.6. The summed E-state index contributed by atoms with van der Waals surface area (Å²) in [7, 11) is 0. The van der Waals surface area contributed by atoms with Gasteiger partial charge in [0.1, 0.15) is 30.0 Å². The molecule has 4 aliphatic rings. The summed E-state index contributed by atoms with van der Waals surface area (Å²) in [5, 5.41) is 29.1. The van der Waals surface area contributed by atoms with Crippen molar-refractivity contribution in [3.05, 3.63) is 131 Å². The van der Waals surface area contributed by atoms with Crippen molar-refractivity contribution in [2.75, 3.05) is 6.61 Å². The van der Waals surface area contributed by atoms with Gasteiger partial charge in [0, 0.05) is 37.2 Å². The lowest BCUT2D eigenvalue weighted by molar-refractivity contribution is -0.346. The number of fused-ring (bicyclic) bond motifs is 5. The first kappa shape index (κ1) is 50.7. The Bertz CT molecular complexity index is 2490. The number of esters is 4. The van der Waals surface area contributed by atoms with Gasteiger partial charge in [0.25, 0.3) is 5.91 Å². The van der Waals surface area contributed by atoms with E-state index in [9.17, 15) is 29.4 Å². The first-order valence-corrected chi connectivity index (χ1v) is 23.4. The molecule has 2 bridgehead atoms. The lowest BCUT2D eigenvalue weighted by Gasteiger charge is -2.67. The fourth-order valence-electron chi connectivity index (χ4n) is 10.9. The van der Waals surface area contributed by atoms with Gasteiger partial charge < -0.3 is 44.0 Å². The average molecular weight is 950 g/mol. The van der Waals surface area contributed by atoms with Crippen molar-refractivity contribution in [2.45, 2.75) is 135 Å². The molecule has 2 saturated carbocycles. The number of hydrogen-bond acceptors (Lipinski definition) is 14. The number of carbonyl (C=O) groups excluding carboxylic acids is 6. The smallest absolute Gasteiger partial charge is 0.350 e. The van der Waals surface area contributed by atoms with Crippen molar-refractivity contribution < 1.29 is 67.4 Å². The van der Waals surface area contributed by atoms with Crippen molar-refractivity contribution in [1.29, 1.82) is 0 Å². The molecule has 1 amide bonds. The minimum Gasteiger partial charge on any atom is -0.483 e. The van der Waals surface area contributed by atoms with Crippen LogP contribution in [-0.4, -0.2) is 100 Å². The molecule has 368 valence electrons. The highest BCUT2D eigenvalue weighted by Gasteiger charge is 2.78. The van der Waals surface area contributed by atoms with Gasteiger partial charge in [0.15, 0.2) is 17.5 Å². The van der Waals surface area contributed by atoms with E-state index in [4.69, 9.17) is 28.4 Å². The maximum absolute atomic E-state index is 15.8. The lowest BCUT2D eigenvalue weighted by Crippen LogP contribution is -2.81. The van der Waals surface area contributed by atoms with E-state index in [0.29, 0.717) is 12.0 Å². The summed E-state index contributed by atoms with van der Waals surface area (Å²) < 4.78 is 37.5. The number of ether oxygens (including phenoxy) is 6. The van der Waals surface area contributed by atoms with Crippen LogP contribution in [0.2, 0.25) is 0 Å². The standard InChI is InChI=1S/C54H63NO14/c1-30(2)25-26-40(58)67-44(42(34-19-13-10-14-20-34)55-48(60)35-21-15-11-16-22-35)50(62)66-37-28-54(63)47(68-49(61)36-23-17-12-18-24-36)45-52(9,38(57)27-39-53(45,29-64-39)69-33(6)56)46(59)43(65-31(3)4)41(32(37)5)51(54,7)8/h10-24,30,37-39,42-45,47,57,63H,3,25-29H2,1-2,4-9H3,(H,55,60)/t37-,38-,39+,42?,43+,44+,45?,47-,52+,53-,54+/m0/s1. The Hall–Kier alpha value is -6.16. The van der Waals surface area contributed by atoms with Crippen molar-refractivity contribution in [1.82, 2.24) is 5.32 Å². The van der Waals surface area contributed by atoms with E-state index in [1.54, 1.807) is 99.6 Å². The third-order valence-electron chi connectivity index (χ3n) is 14.7. The first-order valence-electron chi connectivity index (χ1n) is 23.4. The van der Waals surface area contributed by atoms with Gasteiger partial charge in [-0.2, -0.15) is 0 Å². The van der Waals surface area contributed by atoms with Gasteiger partial charge in [-0.15, -0.1) is 0 Å². The minimum atomic E-state index is -2.35. The van der Waals surface area contributed by atoms with Gasteiger partial charge in [0.2, 0.25) is 6.10 Å². The molecule has 1 heterocycles. The maximum Gasteiger partial charge on any atom is 0.350 e. The fourth-order valence-corrected chi connectivity index (χ4v) is 10.9. The molecular weight excluding hydrogens is 887 g/mol. The number of aliphatic hydroxyl groups is 2. The molecule has 7 rings (SSSR count). The predicted molar refractivity (Wildman–Crippen MR) is 250 cm³/mol. The number of rotatable bonds is 15. The first-order chi connectivity index (χ1) is 32.6. The quantitative estimate of drug-likeness (QED) is 0.0626. The van der Waals surface area contributed by atoms with Crippen molar-refractivity contribution >= 4 is 35.6 Å². The second-order valence-electron chi connectivity index (χ2n) is 20.0. The number of nitrogens with one attached hydrogen (secondary N) is 1. The monoisotopic (exact) mass is 949 g/mol. The molecule has 3 aromatic carbocycles. The molecule has 1 aliphatic heterocycles. The summed E-state index contributed by atoms with van der Waals surface area (Å²) >= 11 is 0. The Kier molecular flexibility index (Phi) is 14.5. The van der Waals surface area contributed by atoms with Crippen molar-refractivity contribution in [3.8, 4) is 0 Å². The minimum absolute atomic E-state index is 0.0622. The van der Waals surface area contributed by atoms with Gasteiger partial charge in [-0.25, -0.2) is 9.59 Å². The van der Waals surface area contributed by atoms with E-state index in [2.05, 4.69) is 11.9 Å². The summed E-state index contributed by atoms with van der Waals surface area (Å²) in [5.41, 5.74) is -6.47. The highest BCUT2D eigenvalue weighted by molar-refractivity contribution is 5.96. The van der Waals surface area contributed by atoms with E-state index < -0.39 is 113 Å². The van der Waals surface area contributed by atoms with Crippen LogP contribution in [0.15, 0.2) is 114 Å². The number of allylic oxidation sites excluding steroid dienone is 1. The van der Waals surface area contributed by atoms with Crippen LogP contribution in [0.3, 0.4) is 0 Å². The molecule has 3 aliphatic carbocycles. The van der Waals surface area contributed by atoms with Crippen molar-refractivity contribution in [2.24, 2.45) is 22.7 Å². The van der Waals surface area contributed by atoms with Crippen LogP contribution in [0.5, 0.6) is 0 Å². The summed E-state index contributed by atoms with van der Waals surface area (Å²) in [5.74, 6) is -6.08. The number of aliphatic hydroxyl groups excluding tert-OH is 1. The van der Waals surface area contributed by atoms with Gasteiger partial charge in [-0.05, 0) is 74.1 Å². The van der Waals surface area contributed by atoms with Gasteiger partial charge in [-0.3, -0.25) is 19.2 Å². The molecule has 3 N–H and O–H groups in total. The molecule has 11 atom stereocenters. The largest absolute Gasteiger partial charge is 0.483 e. The number of Topliss-reactive ketones (excluding diaryl/α,β-unsaturated/α-hetero) is 1. The van der Waals surface area contributed by atoms with Crippen LogP contribution in [0.1, 0.15) is 113 Å². The normalized spacial score (nSPS) is 29.8. The summed E-state index contributed by atoms with van der Waals surface area (Å²) in [4.78, 5) is 86.3. The van der Waals surface area contributed by atoms with E-state index >= 15 is 9.59 Å². The molecule has 69 heavy (non-hydrogen) atoms. The van der Waals surface area contributed by atoms with Gasteiger partial charge >= 0.3 is 23.9 Å². The average Bonchev–Trinajstić information content (AvgIpc) is 3.30. The molecule has 3 aromatic rings. The zero-order valence-corrected chi connectivity index (χ0v) is 40.4. The Morgan fingerprint density at radius 1 is 0.870 bits per heavy atom. The zero-order valence-electron chi connectivity index (χ0n) is 40.4. The summed E-state index contributed by atoms with van der Waals surface area (Å²) in [6, 6.07) is 23.4. The molecule has 0 spiro atoms. The topological polar surface area (TPSA) is 210 Å². The Labute approximate surface area is 402 Å².